The Hall–Kier alpha value is -3.42. The highest BCUT2D eigenvalue weighted by atomic mass is 16.6. The van der Waals surface area contributed by atoms with Gasteiger partial charge < -0.3 is 15.6 Å². The van der Waals surface area contributed by atoms with Crippen LogP contribution >= 0.6 is 0 Å². The van der Waals surface area contributed by atoms with Gasteiger partial charge in [-0.3, -0.25) is 14.9 Å². The lowest BCUT2D eigenvalue weighted by molar-refractivity contribution is -0.383. The molecule has 0 radical (unpaired) electrons. The topological polar surface area (TPSA) is 113 Å². The summed E-state index contributed by atoms with van der Waals surface area (Å²) >= 11 is 0. The zero-order valence-electron chi connectivity index (χ0n) is 14.6. The third-order valence-corrected chi connectivity index (χ3v) is 4.82. The number of amides is 1. The molecule has 0 aliphatic heterocycles. The molecular weight excluding hydrogens is 346 g/mol. The number of aromatic nitrogens is 2. The van der Waals surface area contributed by atoms with Crippen LogP contribution in [0.4, 0.5) is 17.1 Å². The summed E-state index contributed by atoms with van der Waals surface area (Å²) in [7, 11) is 0. The maximum Gasteiger partial charge on any atom is 0.292 e. The van der Waals surface area contributed by atoms with Crippen molar-refractivity contribution in [2.24, 2.45) is 0 Å². The third-order valence-electron chi connectivity index (χ3n) is 4.82. The van der Waals surface area contributed by atoms with Crippen molar-refractivity contribution in [3.8, 4) is 0 Å². The molecule has 27 heavy (non-hydrogen) atoms. The molecule has 4 rings (SSSR count). The summed E-state index contributed by atoms with van der Waals surface area (Å²) in [5.41, 5.74) is 2.68. The lowest BCUT2D eigenvalue weighted by atomic mass is 9.85. The molecule has 1 aromatic heterocycles. The maximum atomic E-state index is 12.2. The number of hydrogen-bond donors (Lipinski definition) is 3. The molecule has 8 heteroatoms. The van der Waals surface area contributed by atoms with E-state index in [9.17, 15) is 14.9 Å². The van der Waals surface area contributed by atoms with Gasteiger partial charge in [0.05, 0.1) is 22.5 Å². The SMILES string of the molecule is O=C(CNc1ccccc1[N+](=O)[O-])Nc1ccc2nc(C3CCC3)[nH]c2c1. The molecule has 1 aliphatic rings. The van der Waals surface area contributed by atoms with Gasteiger partial charge in [0.15, 0.2) is 0 Å². The summed E-state index contributed by atoms with van der Waals surface area (Å²) in [6, 6.07) is 11.8. The number of nitro groups is 1. The molecule has 1 fully saturated rings. The molecule has 0 unspecified atom stereocenters. The molecule has 1 amide bonds. The Morgan fingerprint density at radius 2 is 2.07 bits per heavy atom. The van der Waals surface area contributed by atoms with E-state index < -0.39 is 4.92 Å². The van der Waals surface area contributed by atoms with Crippen LogP contribution in [0.1, 0.15) is 31.0 Å². The molecule has 8 nitrogen and oxygen atoms in total. The molecule has 2 aromatic carbocycles. The van der Waals surface area contributed by atoms with Crippen molar-refractivity contribution in [3.05, 3.63) is 58.4 Å². The largest absolute Gasteiger partial charge is 0.371 e. The lowest BCUT2D eigenvalue weighted by Gasteiger charge is -2.22. The first kappa shape index (κ1) is 17.0. The number of anilines is 2. The Morgan fingerprint density at radius 3 is 2.81 bits per heavy atom. The molecule has 0 spiro atoms. The first-order valence-corrected chi connectivity index (χ1v) is 8.87. The van der Waals surface area contributed by atoms with Crippen molar-refractivity contribution < 1.29 is 9.72 Å². The molecule has 1 saturated carbocycles. The second-order valence-electron chi connectivity index (χ2n) is 6.66. The number of aromatic amines is 1. The zero-order chi connectivity index (χ0) is 18.8. The fourth-order valence-corrected chi connectivity index (χ4v) is 3.15. The standard InChI is InChI=1S/C19H19N5O3/c25-18(11-20-15-6-1-2-7-17(15)24(26)27)21-13-8-9-14-16(10-13)23-19(22-14)12-4-3-5-12/h1-2,6-10,12,20H,3-5,11H2,(H,21,25)(H,22,23). The quantitative estimate of drug-likeness (QED) is 0.454. The van der Waals surface area contributed by atoms with Crippen molar-refractivity contribution in [1.29, 1.82) is 0 Å². The summed E-state index contributed by atoms with van der Waals surface area (Å²) < 4.78 is 0. The van der Waals surface area contributed by atoms with Crippen LogP contribution in [-0.2, 0) is 4.79 Å². The van der Waals surface area contributed by atoms with Gasteiger partial charge in [-0.25, -0.2) is 4.98 Å². The predicted molar refractivity (Wildman–Crippen MR) is 103 cm³/mol. The molecule has 1 aliphatic carbocycles. The maximum absolute atomic E-state index is 12.2. The number of benzene rings is 2. The number of carbonyl (C=O) groups is 1. The summed E-state index contributed by atoms with van der Waals surface area (Å²) in [6.45, 7) is -0.0702. The van der Waals surface area contributed by atoms with E-state index in [2.05, 4.69) is 20.6 Å². The monoisotopic (exact) mass is 365 g/mol. The normalized spacial score (nSPS) is 13.9. The van der Waals surface area contributed by atoms with Gasteiger partial charge in [0, 0.05) is 17.7 Å². The van der Waals surface area contributed by atoms with Crippen LogP contribution in [0.3, 0.4) is 0 Å². The predicted octanol–water partition coefficient (Wildman–Crippen LogP) is 3.79. The Bertz CT molecular complexity index is 1010. The van der Waals surface area contributed by atoms with E-state index in [4.69, 9.17) is 0 Å². The molecule has 1 heterocycles. The number of nitro benzene ring substituents is 1. The molecule has 3 aromatic rings. The summed E-state index contributed by atoms with van der Waals surface area (Å²) in [6.07, 6.45) is 3.58. The van der Waals surface area contributed by atoms with E-state index in [0.29, 0.717) is 17.3 Å². The summed E-state index contributed by atoms with van der Waals surface area (Å²) in [5, 5.41) is 16.6. The number of H-pyrrole nitrogens is 1. The zero-order valence-corrected chi connectivity index (χ0v) is 14.6. The molecule has 138 valence electrons. The molecular formula is C19H19N5O3. The number of para-hydroxylation sites is 2. The minimum Gasteiger partial charge on any atom is -0.371 e. The van der Waals surface area contributed by atoms with E-state index >= 15 is 0 Å². The second kappa shape index (κ2) is 7.06. The molecule has 3 N–H and O–H groups in total. The highest BCUT2D eigenvalue weighted by Gasteiger charge is 2.22. The van der Waals surface area contributed by atoms with Crippen molar-refractivity contribution in [3.63, 3.8) is 0 Å². The van der Waals surface area contributed by atoms with Crippen LogP contribution in [0, 0.1) is 10.1 Å². The average Bonchev–Trinajstić information content (AvgIpc) is 3.01. The van der Waals surface area contributed by atoms with E-state index in [-0.39, 0.29) is 18.1 Å². The molecule has 0 saturated heterocycles. The highest BCUT2D eigenvalue weighted by molar-refractivity contribution is 5.95. The van der Waals surface area contributed by atoms with Gasteiger partial charge in [-0.1, -0.05) is 18.6 Å². The van der Waals surface area contributed by atoms with Gasteiger partial charge in [0.25, 0.3) is 5.69 Å². The van der Waals surface area contributed by atoms with Gasteiger partial charge in [-0.15, -0.1) is 0 Å². The first-order valence-electron chi connectivity index (χ1n) is 8.87. The van der Waals surface area contributed by atoms with E-state index in [1.165, 1.54) is 25.3 Å². The fraction of sp³-hybridized carbons (Fsp3) is 0.263. The number of rotatable bonds is 6. The van der Waals surface area contributed by atoms with E-state index in [1.54, 1.807) is 24.3 Å². The van der Waals surface area contributed by atoms with Crippen molar-refractivity contribution in [2.45, 2.75) is 25.2 Å². The average molecular weight is 365 g/mol. The number of fused-ring (bicyclic) bond motifs is 1. The fourth-order valence-electron chi connectivity index (χ4n) is 3.15. The highest BCUT2D eigenvalue weighted by Crippen LogP contribution is 2.35. The number of nitrogens with zero attached hydrogens (tertiary/aromatic N) is 2. The summed E-state index contributed by atoms with van der Waals surface area (Å²) in [5.74, 6) is 1.24. The molecule has 0 atom stereocenters. The van der Waals surface area contributed by atoms with Crippen molar-refractivity contribution in [1.82, 2.24) is 9.97 Å². The second-order valence-corrected chi connectivity index (χ2v) is 6.66. The number of imidazole rings is 1. The van der Waals surface area contributed by atoms with Crippen molar-refractivity contribution >= 4 is 34.0 Å². The Kier molecular flexibility index (Phi) is 4.45. The van der Waals surface area contributed by atoms with Gasteiger partial charge in [0.2, 0.25) is 5.91 Å². The van der Waals surface area contributed by atoms with Crippen LogP contribution in [0.25, 0.3) is 11.0 Å². The Morgan fingerprint density at radius 1 is 1.26 bits per heavy atom. The van der Waals surface area contributed by atoms with Gasteiger partial charge in [0.1, 0.15) is 11.5 Å². The Balaban J connectivity index is 1.41. The van der Waals surface area contributed by atoms with Crippen LogP contribution < -0.4 is 10.6 Å². The van der Waals surface area contributed by atoms with Crippen LogP contribution in [0.15, 0.2) is 42.5 Å². The number of nitrogens with one attached hydrogen (secondary N) is 3. The minimum absolute atomic E-state index is 0.0623. The van der Waals surface area contributed by atoms with Gasteiger partial charge in [-0.2, -0.15) is 0 Å². The first-order chi connectivity index (χ1) is 13.1. The van der Waals surface area contributed by atoms with Crippen LogP contribution in [0.5, 0.6) is 0 Å². The van der Waals surface area contributed by atoms with Gasteiger partial charge >= 0.3 is 0 Å². The summed E-state index contributed by atoms with van der Waals surface area (Å²) in [4.78, 5) is 30.7. The number of hydrogen-bond acceptors (Lipinski definition) is 5. The van der Waals surface area contributed by atoms with Gasteiger partial charge in [-0.05, 0) is 37.1 Å². The number of carbonyl (C=O) groups excluding carboxylic acids is 1. The van der Waals surface area contributed by atoms with Crippen LogP contribution in [0.2, 0.25) is 0 Å². The van der Waals surface area contributed by atoms with E-state index in [0.717, 1.165) is 16.9 Å². The lowest BCUT2D eigenvalue weighted by Crippen LogP contribution is -2.22. The molecule has 0 bridgehead atoms. The van der Waals surface area contributed by atoms with Crippen LogP contribution in [-0.4, -0.2) is 27.3 Å². The smallest absolute Gasteiger partial charge is 0.292 e. The Labute approximate surface area is 155 Å². The van der Waals surface area contributed by atoms with E-state index in [1.807, 2.05) is 12.1 Å². The third kappa shape index (κ3) is 3.59. The van der Waals surface area contributed by atoms with Crippen molar-refractivity contribution in [2.75, 3.05) is 17.2 Å². The minimum atomic E-state index is -0.480.